The lowest BCUT2D eigenvalue weighted by atomic mass is 9.96. The molecule has 2 saturated heterocycles. The van der Waals surface area contributed by atoms with E-state index in [1.165, 1.54) is 7.11 Å². The summed E-state index contributed by atoms with van der Waals surface area (Å²) in [7, 11) is -3.64. The van der Waals surface area contributed by atoms with Gasteiger partial charge in [0.05, 0.1) is 20.8 Å². The molecular formula is C18H32O21S3. The van der Waals surface area contributed by atoms with E-state index in [0.29, 0.717) is 0 Å². The van der Waals surface area contributed by atoms with E-state index in [0.717, 1.165) is 35.5 Å². The normalized spacial score (nSPS) is 34.3. The Hall–Kier alpha value is -0.880. The summed E-state index contributed by atoms with van der Waals surface area (Å²) in [5.41, 5.74) is 0. The summed E-state index contributed by atoms with van der Waals surface area (Å²) in [5, 5.41) is 4.19. The van der Waals surface area contributed by atoms with Crippen molar-refractivity contribution in [2.75, 3.05) is 49.3 Å². The third kappa shape index (κ3) is 10.3. The van der Waals surface area contributed by atoms with Gasteiger partial charge in [-0.2, -0.15) is 16.8 Å². The molecule has 2 heterocycles. The fourth-order valence-corrected chi connectivity index (χ4v) is 5.51. The van der Waals surface area contributed by atoms with Crippen LogP contribution in [0.15, 0.2) is 0 Å². The van der Waals surface area contributed by atoms with Gasteiger partial charge < -0.3 is 37.9 Å². The highest BCUT2D eigenvalue weighted by atomic mass is 32.3. The first-order valence-corrected chi connectivity index (χ1v) is 14.8. The van der Waals surface area contributed by atoms with Gasteiger partial charge in [0.1, 0.15) is 30.5 Å². The van der Waals surface area contributed by atoms with Gasteiger partial charge in [0.2, 0.25) is 0 Å². The molecule has 24 heteroatoms. The Morgan fingerprint density at radius 1 is 0.762 bits per heavy atom. The Bertz CT molecular complexity index is 1040. The van der Waals surface area contributed by atoms with Gasteiger partial charge in [-0.25, -0.2) is 18.0 Å². The fraction of sp³-hybridized carbons (Fsp3) is 0.944. The molecule has 0 radical (unpaired) electrons. The minimum atomic E-state index is -5.27. The Balaban J connectivity index is 2.56. The minimum Gasteiger partial charge on any atom is -0.467 e. The van der Waals surface area contributed by atoms with Gasteiger partial charge in [-0.3, -0.25) is 13.3 Å². The van der Waals surface area contributed by atoms with Gasteiger partial charge >= 0.3 is 26.8 Å². The molecule has 0 aromatic heterocycles. The van der Waals surface area contributed by atoms with E-state index in [2.05, 4.69) is 14.3 Å². The molecule has 10 atom stereocenters. The molecule has 0 aromatic carbocycles. The van der Waals surface area contributed by atoms with Gasteiger partial charge in [0.25, 0.3) is 0 Å². The van der Waals surface area contributed by atoms with Crippen molar-refractivity contribution in [3.8, 4) is 0 Å². The zero-order chi connectivity index (χ0) is 31.7. The van der Waals surface area contributed by atoms with Crippen LogP contribution in [-0.2, 0) is 90.3 Å². The number of rotatable bonds is 17. The number of carbonyl (C=O) groups excluding carboxylic acids is 1. The van der Waals surface area contributed by atoms with Crippen LogP contribution in [0.4, 0.5) is 0 Å². The topological polar surface area (TPSA) is 255 Å². The molecule has 248 valence electrons. The lowest BCUT2D eigenvalue weighted by Crippen LogP contribution is -2.66. The Morgan fingerprint density at radius 3 is 1.81 bits per heavy atom. The molecule has 2 aliphatic heterocycles. The van der Waals surface area contributed by atoms with Crippen molar-refractivity contribution in [1.29, 1.82) is 0 Å². The van der Waals surface area contributed by atoms with Crippen LogP contribution in [0.3, 0.4) is 0 Å². The molecule has 0 bridgehead atoms. The molecule has 5 unspecified atom stereocenters. The van der Waals surface area contributed by atoms with Crippen molar-refractivity contribution in [2.45, 2.75) is 61.4 Å². The molecule has 0 saturated carbocycles. The van der Waals surface area contributed by atoms with Crippen molar-refractivity contribution in [3.63, 3.8) is 0 Å². The van der Waals surface area contributed by atoms with Gasteiger partial charge in [0.15, 0.2) is 43.2 Å². The third-order valence-electron chi connectivity index (χ3n) is 5.66. The maximum atomic E-state index is 12.7. The summed E-state index contributed by atoms with van der Waals surface area (Å²) in [6, 6.07) is 0. The van der Waals surface area contributed by atoms with Crippen LogP contribution in [0.5, 0.6) is 0 Å². The van der Waals surface area contributed by atoms with E-state index in [4.69, 9.17) is 50.4 Å². The van der Waals surface area contributed by atoms with Crippen molar-refractivity contribution >= 4 is 39.1 Å². The summed E-state index contributed by atoms with van der Waals surface area (Å²) < 4.78 is 128. The lowest BCUT2D eigenvalue weighted by molar-refractivity contribution is -0.450. The van der Waals surface area contributed by atoms with Crippen molar-refractivity contribution in [1.82, 2.24) is 0 Å². The van der Waals surface area contributed by atoms with Gasteiger partial charge in [-0.1, -0.05) is 5.04 Å². The molecule has 21 nitrogen and oxygen atoms in total. The predicted molar refractivity (Wildman–Crippen MR) is 129 cm³/mol. The second-order valence-electron chi connectivity index (χ2n) is 8.09. The van der Waals surface area contributed by atoms with Crippen LogP contribution in [0.2, 0.25) is 0 Å². The lowest BCUT2D eigenvalue weighted by Gasteiger charge is -2.48. The highest BCUT2D eigenvalue weighted by molar-refractivity contribution is 7.89. The van der Waals surface area contributed by atoms with E-state index in [1.54, 1.807) is 0 Å². The molecular weight excluding hydrogens is 648 g/mol. The van der Waals surface area contributed by atoms with Crippen molar-refractivity contribution in [2.24, 2.45) is 0 Å². The average Bonchev–Trinajstić information content (AvgIpc) is 2.91. The standard InChI is InChI=1S/C18H32O21S3/c1-26-7-8-9(10(27-2)14(17(30-5)32-8)36-41(20,21)22)33-18-15(37-42(23,24)25)11(28-3)12(35-40-39-38-31-6)13(34-18)16(19)29-4/h8-15,17-18H,7H2,1-6H3,(H,20,21,22)(H,23,24,25)/t8?,9-,10?,11?,12+,13?,14?,15+,17+,18-/m1/s1. The molecule has 2 fully saturated rings. The van der Waals surface area contributed by atoms with Crippen molar-refractivity contribution in [3.05, 3.63) is 0 Å². The quantitative estimate of drug-likeness (QED) is 0.0427. The first kappa shape index (κ1) is 37.3. The van der Waals surface area contributed by atoms with Crippen LogP contribution in [0.1, 0.15) is 0 Å². The molecule has 2 N–H and O–H groups in total. The minimum absolute atomic E-state index is 0.120. The van der Waals surface area contributed by atoms with E-state index < -0.39 is 88.2 Å². The summed E-state index contributed by atoms with van der Waals surface area (Å²) in [6.07, 6.45) is -16.1. The molecule has 42 heavy (non-hydrogen) atoms. The summed E-state index contributed by atoms with van der Waals surface area (Å²) in [4.78, 5) is 16.9. The van der Waals surface area contributed by atoms with Crippen molar-refractivity contribution < 1.29 is 95.4 Å². The Labute approximate surface area is 245 Å². The smallest absolute Gasteiger partial charge is 0.397 e. The second kappa shape index (κ2) is 17.0. The van der Waals surface area contributed by atoms with Crippen LogP contribution in [-0.4, -0.2) is 143 Å². The highest BCUT2D eigenvalue weighted by Crippen LogP contribution is 2.36. The molecule has 2 aliphatic rings. The number of hydrogen-bond acceptors (Lipinski definition) is 20. The molecule has 0 aromatic rings. The molecule has 2 rings (SSSR count). The molecule has 0 aliphatic carbocycles. The van der Waals surface area contributed by atoms with Crippen LogP contribution >= 0.6 is 12.3 Å². The second-order valence-corrected chi connectivity index (χ2v) is 10.7. The zero-order valence-electron chi connectivity index (χ0n) is 22.9. The summed E-state index contributed by atoms with van der Waals surface area (Å²) >= 11 is 0.120. The van der Waals surface area contributed by atoms with Gasteiger partial charge in [0, 0.05) is 28.4 Å². The number of carbonyl (C=O) groups is 1. The van der Waals surface area contributed by atoms with Gasteiger partial charge in [-0.15, -0.1) is 4.33 Å². The fourth-order valence-electron chi connectivity index (χ4n) is 4.14. The maximum Gasteiger partial charge on any atom is 0.397 e. The largest absolute Gasteiger partial charge is 0.467 e. The molecule has 0 amide bonds. The SMILES string of the molecule is COCC1O[C@H](OC)C(OS(=O)(=O)O)C(OC)[C@@H]1O[C@@H]1OC(C(=O)OC)[C@@H](OSOOOC)C(OC)[C@@H]1OS(=O)(=O)O. The Morgan fingerprint density at radius 2 is 1.33 bits per heavy atom. The van der Waals surface area contributed by atoms with Crippen LogP contribution < -0.4 is 0 Å². The van der Waals surface area contributed by atoms with E-state index in [9.17, 15) is 30.7 Å². The van der Waals surface area contributed by atoms with Crippen LogP contribution in [0.25, 0.3) is 0 Å². The highest BCUT2D eigenvalue weighted by Gasteiger charge is 2.57. The zero-order valence-corrected chi connectivity index (χ0v) is 25.3. The van der Waals surface area contributed by atoms with E-state index in [-0.39, 0.29) is 18.9 Å². The number of esters is 1. The monoisotopic (exact) mass is 680 g/mol. The number of hydrogen-bond donors (Lipinski definition) is 2. The van der Waals surface area contributed by atoms with Gasteiger partial charge in [-0.05, 0) is 0 Å². The Kier molecular flexibility index (Phi) is 15.1. The number of ether oxygens (including phenoxy) is 8. The maximum absolute atomic E-state index is 12.7. The molecule has 0 spiro atoms. The third-order valence-corrected chi connectivity index (χ3v) is 7.00. The number of methoxy groups -OCH3 is 5. The average molecular weight is 681 g/mol. The first-order chi connectivity index (χ1) is 19.7. The van der Waals surface area contributed by atoms with E-state index in [1.807, 2.05) is 0 Å². The predicted octanol–water partition coefficient (Wildman–Crippen LogP) is -1.85. The summed E-state index contributed by atoms with van der Waals surface area (Å²) in [6.45, 7) is -0.257. The summed E-state index contributed by atoms with van der Waals surface area (Å²) in [5.74, 6) is -1.07. The van der Waals surface area contributed by atoms with Crippen LogP contribution in [0, 0.1) is 0 Å². The first-order valence-electron chi connectivity index (χ1n) is 11.4. The van der Waals surface area contributed by atoms with E-state index >= 15 is 0 Å².